The molecule has 0 N–H and O–H groups in total. The number of carbonyl (C=O) groups is 1. The molecule has 0 amide bonds. The molecule has 1 heterocycles. The van der Waals surface area contributed by atoms with Gasteiger partial charge < -0.3 is 14.2 Å². The molecule has 0 aromatic heterocycles. The fourth-order valence-corrected chi connectivity index (χ4v) is 2.47. The van der Waals surface area contributed by atoms with Crippen molar-refractivity contribution in [1.82, 2.24) is 0 Å². The number of hydrogen-bond donors (Lipinski definition) is 0. The van der Waals surface area contributed by atoms with Gasteiger partial charge in [-0.15, -0.1) is 0 Å². The van der Waals surface area contributed by atoms with Gasteiger partial charge >= 0.3 is 0 Å². The van der Waals surface area contributed by atoms with E-state index >= 15 is 0 Å². The zero-order chi connectivity index (χ0) is 14.6. The minimum absolute atomic E-state index is 0.0116. The Balaban J connectivity index is 2.23. The lowest BCUT2D eigenvalue weighted by Crippen LogP contribution is -2.45. The van der Waals surface area contributed by atoms with Crippen LogP contribution in [0.3, 0.4) is 0 Å². The highest BCUT2D eigenvalue weighted by atomic mass is 16.5. The number of rotatable bonds is 5. The molecule has 0 atom stereocenters. The lowest BCUT2D eigenvalue weighted by molar-refractivity contribution is -0.0663. The van der Waals surface area contributed by atoms with Crippen LogP contribution in [-0.4, -0.2) is 37.8 Å². The third kappa shape index (κ3) is 3.19. The lowest BCUT2D eigenvalue weighted by atomic mass is 9.85. The largest absolute Gasteiger partial charge is 0.491 e. The van der Waals surface area contributed by atoms with Gasteiger partial charge in [0.2, 0.25) is 0 Å². The fourth-order valence-electron chi connectivity index (χ4n) is 2.47. The molecule has 4 heteroatoms. The summed E-state index contributed by atoms with van der Waals surface area (Å²) in [5.74, 6) is 0.724. The van der Waals surface area contributed by atoms with Crippen LogP contribution in [0.15, 0.2) is 24.3 Å². The summed E-state index contributed by atoms with van der Waals surface area (Å²) in [5, 5.41) is 0. The average Bonchev–Trinajstić information content (AvgIpc) is 2.47. The van der Waals surface area contributed by atoms with E-state index < -0.39 is 5.60 Å². The number of hydrogen-bond acceptors (Lipinski definition) is 4. The Morgan fingerprint density at radius 2 is 2.00 bits per heavy atom. The van der Waals surface area contributed by atoms with Gasteiger partial charge in [-0.2, -0.15) is 0 Å². The summed E-state index contributed by atoms with van der Waals surface area (Å²) < 4.78 is 16.5. The first-order valence-corrected chi connectivity index (χ1v) is 7.02. The molecule has 0 aliphatic carbocycles. The first-order valence-electron chi connectivity index (χ1n) is 7.02. The van der Waals surface area contributed by atoms with E-state index in [-0.39, 0.29) is 11.9 Å². The SMILES string of the molecule is COC1(C(=O)c2cccc(OC(C)C)c2)CCOCC1. The summed E-state index contributed by atoms with van der Waals surface area (Å²) in [6.07, 6.45) is 1.27. The van der Waals surface area contributed by atoms with Crippen LogP contribution in [0.1, 0.15) is 37.0 Å². The summed E-state index contributed by atoms with van der Waals surface area (Å²) in [5.41, 5.74) is -0.124. The van der Waals surface area contributed by atoms with Crippen molar-refractivity contribution in [2.24, 2.45) is 0 Å². The molecule has 1 aliphatic rings. The summed E-state index contributed by atoms with van der Waals surface area (Å²) in [7, 11) is 1.59. The molecular formula is C16H22O4. The van der Waals surface area contributed by atoms with Gasteiger partial charge in [0.25, 0.3) is 0 Å². The van der Waals surface area contributed by atoms with Gasteiger partial charge in [0.1, 0.15) is 11.4 Å². The second-order valence-electron chi connectivity index (χ2n) is 5.33. The van der Waals surface area contributed by atoms with Crippen LogP contribution in [-0.2, 0) is 9.47 Å². The summed E-state index contributed by atoms with van der Waals surface area (Å²) in [6.45, 7) is 5.04. The van der Waals surface area contributed by atoms with Gasteiger partial charge in [-0.05, 0) is 26.0 Å². The van der Waals surface area contributed by atoms with E-state index in [4.69, 9.17) is 14.2 Å². The number of benzene rings is 1. The van der Waals surface area contributed by atoms with Crippen molar-refractivity contribution in [3.63, 3.8) is 0 Å². The van der Waals surface area contributed by atoms with E-state index in [9.17, 15) is 4.79 Å². The maximum absolute atomic E-state index is 12.8. The monoisotopic (exact) mass is 278 g/mol. The van der Waals surface area contributed by atoms with Crippen molar-refractivity contribution in [2.75, 3.05) is 20.3 Å². The lowest BCUT2D eigenvalue weighted by Gasteiger charge is -2.34. The molecule has 4 nitrogen and oxygen atoms in total. The summed E-state index contributed by atoms with van der Waals surface area (Å²) >= 11 is 0. The van der Waals surface area contributed by atoms with Crippen LogP contribution in [0, 0.1) is 0 Å². The summed E-state index contributed by atoms with van der Waals surface area (Å²) in [6, 6.07) is 7.30. The maximum Gasteiger partial charge on any atom is 0.194 e. The van der Waals surface area contributed by atoms with Gasteiger partial charge in [-0.25, -0.2) is 0 Å². The van der Waals surface area contributed by atoms with E-state index in [2.05, 4.69) is 0 Å². The van der Waals surface area contributed by atoms with Crippen molar-refractivity contribution in [3.8, 4) is 5.75 Å². The Kier molecular flexibility index (Phi) is 4.78. The molecular weight excluding hydrogens is 256 g/mol. The second kappa shape index (κ2) is 6.37. The van der Waals surface area contributed by atoms with Crippen molar-refractivity contribution in [1.29, 1.82) is 0 Å². The number of Topliss-reactive ketones (excluding diaryl/α,β-unsaturated/α-hetero) is 1. The van der Waals surface area contributed by atoms with E-state index in [1.165, 1.54) is 0 Å². The first kappa shape index (κ1) is 15.0. The Labute approximate surface area is 120 Å². The molecule has 1 fully saturated rings. The van der Waals surface area contributed by atoms with Crippen molar-refractivity contribution in [3.05, 3.63) is 29.8 Å². The van der Waals surface area contributed by atoms with Crippen molar-refractivity contribution < 1.29 is 19.0 Å². The van der Waals surface area contributed by atoms with Crippen LogP contribution in [0.25, 0.3) is 0 Å². The Morgan fingerprint density at radius 1 is 1.30 bits per heavy atom. The van der Waals surface area contributed by atoms with Crippen LogP contribution in [0.4, 0.5) is 0 Å². The highest BCUT2D eigenvalue weighted by Gasteiger charge is 2.40. The van der Waals surface area contributed by atoms with Crippen molar-refractivity contribution in [2.45, 2.75) is 38.4 Å². The first-order chi connectivity index (χ1) is 9.57. The predicted molar refractivity (Wildman–Crippen MR) is 76.3 cm³/mol. The van der Waals surface area contributed by atoms with Gasteiger partial charge in [-0.3, -0.25) is 4.79 Å². The fraction of sp³-hybridized carbons (Fsp3) is 0.562. The van der Waals surface area contributed by atoms with E-state index in [0.29, 0.717) is 37.4 Å². The van der Waals surface area contributed by atoms with Crippen LogP contribution < -0.4 is 4.74 Å². The summed E-state index contributed by atoms with van der Waals surface area (Å²) in [4.78, 5) is 12.8. The second-order valence-corrected chi connectivity index (χ2v) is 5.33. The topological polar surface area (TPSA) is 44.8 Å². The third-order valence-corrected chi connectivity index (χ3v) is 3.57. The molecule has 1 aromatic rings. The van der Waals surface area contributed by atoms with Crippen LogP contribution >= 0.6 is 0 Å². The molecule has 0 bridgehead atoms. The van der Waals surface area contributed by atoms with Crippen molar-refractivity contribution >= 4 is 5.78 Å². The maximum atomic E-state index is 12.8. The molecule has 20 heavy (non-hydrogen) atoms. The minimum Gasteiger partial charge on any atom is -0.491 e. The van der Waals surface area contributed by atoms with E-state index in [1.807, 2.05) is 32.0 Å². The molecule has 0 spiro atoms. The smallest absolute Gasteiger partial charge is 0.194 e. The third-order valence-electron chi connectivity index (χ3n) is 3.57. The Bertz CT molecular complexity index is 461. The highest BCUT2D eigenvalue weighted by molar-refractivity contribution is 6.02. The Hall–Kier alpha value is -1.39. The number of ketones is 1. The predicted octanol–water partition coefficient (Wildman–Crippen LogP) is 2.85. The molecule has 110 valence electrons. The minimum atomic E-state index is -0.755. The van der Waals surface area contributed by atoms with Gasteiger partial charge in [0.15, 0.2) is 5.78 Å². The van der Waals surface area contributed by atoms with E-state index in [0.717, 1.165) is 0 Å². The molecule has 0 unspecified atom stereocenters. The molecule has 1 aromatic carbocycles. The van der Waals surface area contributed by atoms with Gasteiger partial charge in [0.05, 0.1) is 6.10 Å². The molecule has 0 saturated carbocycles. The molecule has 1 aliphatic heterocycles. The normalized spacial score (nSPS) is 18.0. The molecule has 0 radical (unpaired) electrons. The Morgan fingerprint density at radius 3 is 2.60 bits per heavy atom. The number of ether oxygens (including phenoxy) is 3. The van der Waals surface area contributed by atoms with E-state index in [1.54, 1.807) is 13.2 Å². The highest BCUT2D eigenvalue weighted by Crippen LogP contribution is 2.29. The molecule has 1 saturated heterocycles. The van der Waals surface area contributed by atoms with Crippen LogP contribution in [0.5, 0.6) is 5.75 Å². The molecule has 2 rings (SSSR count). The standard InChI is InChI=1S/C16H22O4/c1-12(2)20-14-6-4-5-13(11-14)15(17)16(18-3)7-9-19-10-8-16/h4-6,11-12H,7-10H2,1-3H3. The van der Waals surface area contributed by atoms with Gasteiger partial charge in [0, 0.05) is 38.7 Å². The number of methoxy groups -OCH3 is 1. The van der Waals surface area contributed by atoms with Gasteiger partial charge in [-0.1, -0.05) is 12.1 Å². The number of carbonyl (C=O) groups excluding carboxylic acids is 1. The zero-order valence-electron chi connectivity index (χ0n) is 12.3. The average molecular weight is 278 g/mol. The zero-order valence-corrected chi connectivity index (χ0v) is 12.3. The van der Waals surface area contributed by atoms with Crippen LogP contribution in [0.2, 0.25) is 0 Å². The quantitative estimate of drug-likeness (QED) is 0.777.